The Labute approximate surface area is 133 Å². The van der Waals surface area contributed by atoms with E-state index < -0.39 is 0 Å². The minimum absolute atomic E-state index is 0. The molecule has 0 heterocycles. The predicted octanol–water partition coefficient (Wildman–Crippen LogP) is 2.16. The van der Waals surface area contributed by atoms with Gasteiger partial charge in [-0.2, -0.15) is 0 Å². The molecular weight excluding hydrogens is 288 g/mol. The van der Waals surface area contributed by atoms with Crippen molar-refractivity contribution in [2.24, 2.45) is 11.7 Å². The molecule has 120 valence electrons. The minimum Gasteiger partial charge on any atom is -0.381 e. The molecule has 1 rings (SSSR count). The Morgan fingerprint density at radius 3 is 2.67 bits per heavy atom. The van der Waals surface area contributed by atoms with Crippen molar-refractivity contribution in [1.29, 1.82) is 0 Å². The zero-order chi connectivity index (χ0) is 14.6. The fourth-order valence-electron chi connectivity index (χ4n) is 1.73. The Bertz CT molecular complexity index is 374. The molecular formula is C16H27ClN2O2. The van der Waals surface area contributed by atoms with Gasteiger partial charge in [-0.15, -0.1) is 12.4 Å². The molecule has 1 aromatic carbocycles. The molecule has 0 aliphatic rings. The zero-order valence-corrected chi connectivity index (χ0v) is 13.5. The standard InChI is InChI=1S/C16H26N2O2.ClH/c1-14(12-17)13-18-16(19)8-5-10-20-11-9-15-6-3-2-4-7-15;/h2-4,6-7,14H,5,8-13,17H2,1H3,(H,18,19);1H. The Balaban J connectivity index is 0.00000400. The maximum atomic E-state index is 11.5. The van der Waals surface area contributed by atoms with Crippen molar-refractivity contribution in [3.8, 4) is 0 Å². The molecule has 1 unspecified atom stereocenters. The van der Waals surface area contributed by atoms with Crippen LogP contribution in [-0.2, 0) is 16.0 Å². The summed E-state index contributed by atoms with van der Waals surface area (Å²) in [7, 11) is 0. The van der Waals surface area contributed by atoms with Crippen LogP contribution in [0.4, 0.5) is 0 Å². The highest BCUT2D eigenvalue weighted by Gasteiger charge is 2.03. The number of carbonyl (C=O) groups excluding carboxylic acids is 1. The number of hydrogen-bond acceptors (Lipinski definition) is 3. The summed E-state index contributed by atoms with van der Waals surface area (Å²) in [4.78, 5) is 11.5. The molecule has 0 saturated carbocycles. The van der Waals surface area contributed by atoms with Crippen molar-refractivity contribution < 1.29 is 9.53 Å². The van der Waals surface area contributed by atoms with E-state index in [9.17, 15) is 4.79 Å². The normalized spacial score (nSPS) is 11.5. The summed E-state index contributed by atoms with van der Waals surface area (Å²) in [5.41, 5.74) is 6.77. The lowest BCUT2D eigenvalue weighted by molar-refractivity contribution is -0.121. The van der Waals surface area contributed by atoms with Crippen LogP contribution in [0.25, 0.3) is 0 Å². The van der Waals surface area contributed by atoms with E-state index in [4.69, 9.17) is 10.5 Å². The number of hydrogen-bond donors (Lipinski definition) is 2. The summed E-state index contributed by atoms with van der Waals surface area (Å²) in [6.45, 7) is 4.61. The van der Waals surface area contributed by atoms with Crippen LogP contribution in [-0.4, -0.2) is 32.2 Å². The van der Waals surface area contributed by atoms with Crippen LogP contribution < -0.4 is 11.1 Å². The van der Waals surface area contributed by atoms with Crippen LogP contribution in [0.5, 0.6) is 0 Å². The van der Waals surface area contributed by atoms with Gasteiger partial charge in [-0.3, -0.25) is 4.79 Å². The second kappa shape index (κ2) is 12.6. The lowest BCUT2D eigenvalue weighted by Gasteiger charge is -2.10. The number of halogens is 1. The van der Waals surface area contributed by atoms with E-state index in [1.807, 2.05) is 25.1 Å². The summed E-state index contributed by atoms with van der Waals surface area (Å²) in [5, 5.41) is 2.88. The Morgan fingerprint density at radius 2 is 2.00 bits per heavy atom. The van der Waals surface area contributed by atoms with Gasteiger partial charge < -0.3 is 15.8 Å². The van der Waals surface area contributed by atoms with E-state index in [1.54, 1.807) is 0 Å². The monoisotopic (exact) mass is 314 g/mol. The predicted molar refractivity (Wildman–Crippen MR) is 88.7 cm³/mol. The first-order chi connectivity index (χ1) is 9.72. The molecule has 0 spiro atoms. The van der Waals surface area contributed by atoms with E-state index in [0.717, 1.165) is 12.8 Å². The first-order valence-corrected chi connectivity index (χ1v) is 7.30. The topological polar surface area (TPSA) is 64.3 Å². The van der Waals surface area contributed by atoms with Crippen molar-refractivity contribution in [2.75, 3.05) is 26.3 Å². The smallest absolute Gasteiger partial charge is 0.220 e. The van der Waals surface area contributed by atoms with E-state index in [0.29, 0.717) is 38.6 Å². The molecule has 0 aromatic heterocycles. The summed E-state index contributed by atoms with van der Waals surface area (Å²) >= 11 is 0. The molecule has 0 saturated heterocycles. The number of amides is 1. The highest BCUT2D eigenvalue weighted by molar-refractivity contribution is 5.85. The second-order valence-corrected chi connectivity index (χ2v) is 5.10. The highest BCUT2D eigenvalue weighted by atomic mass is 35.5. The van der Waals surface area contributed by atoms with Crippen LogP contribution in [0.3, 0.4) is 0 Å². The fraction of sp³-hybridized carbons (Fsp3) is 0.562. The van der Waals surface area contributed by atoms with Gasteiger partial charge in [-0.1, -0.05) is 37.3 Å². The minimum atomic E-state index is 0. The van der Waals surface area contributed by atoms with Gasteiger partial charge in [0.2, 0.25) is 5.91 Å². The molecule has 1 amide bonds. The lowest BCUT2D eigenvalue weighted by atomic mass is 10.2. The van der Waals surface area contributed by atoms with E-state index >= 15 is 0 Å². The largest absolute Gasteiger partial charge is 0.381 e. The van der Waals surface area contributed by atoms with Gasteiger partial charge in [0.1, 0.15) is 0 Å². The van der Waals surface area contributed by atoms with Crippen molar-refractivity contribution in [2.45, 2.75) is 26.2 Å². The molecule has 0 aliphatic heterocycles. The quantitative estimate of drug-likeness (QED) is 0.650. The summed E-state index contributed by atoms with van der Waals surface area (Å²) < 4.78 is 5.53. The average molecular weight is 315 g/mol. The van der Waals surface area contributed by atoms with E-state index in [-0.39, 0.29) is 18.3 Å². The van der Waals surface area contributed by atoms with Crippen LogP contribution in [0.1, 0.15) is 25.3 Å². The van der Waals surface area contributed by atoms with Gasteiger partial charge in [-0.25, -0.2) is 0 Å². The number of rotatable bonds is 10. The lowest BCUT2D eigenvalue weighted by Crippen LogP contribution is -2.31. The third-order valence-corrected chi connectivity index (χ3v) is 3.12. The molecule has 3 N–H and O–H groups in total. The van der Waals surface area contributed by atoms with Crippen LogP contribution in [0.2, 0.25) is 0 Å². The van der Waals surface area contributed by atoms with E-state index in [2.05, 4.69) is 17.4 Å². The Kier molecular flexibility index (Phi) is 12.0. The van der Waals surface area contributed by atoms with Crippen LogP contribution in [0, 0.1) is 5.92 Å². The molecule has 0 bridgehead atoms. The Morgan fingerprint density at radius 1 is 1.29 bits per heavy atom. The summed E-state index contributed by atoms with van der Waals surface area (Å²) in [5.74, 6) is 0.415. The SMILES string of the molecule is CC(CN)CNC(=O)CCCOCCc1ccccc1.Cl. The molecule has 0 aliphatic carbocycles. The maximum absolute atomic E-state index is 11.5. The van der Waals surface area contributed by atoms with Crippen LogP contribution >= 0.6 is 12.4 Å². The number of nitrogens with two attached hydrogens (primary N) is 1. The van der Waals surface area contributed by atoms with Crippen molar-refractivity contribution in [1.82, 2.24) is 5.32 Å². The Hall–Kier alpha value is -1.10. The number of ether oxygens (including phenoxy) is 1. The highest BCUT2D eigenvalue weighted by Crippen LogP contribution is 2.00. The van der Waals surface area contributed by atoms with Gasteiger partial charge in [0.15, 0.2) is 0 Å². The number of benzene rings is 1. The molecule has 5 heteroatoms. The van der Waals surface area contributed by atoms with Gasteiger partial charge in [0.05, 0.1) is 6.61 Å². The molecule has 21 heavy (non-hydrogen) atoms. The van der Waals surface area contributed by atoms with Crippen molar-refractivity contribution in [3.63, 3.8) is 0 Å². The second-order valence-electron chi connectivity index (χ2n) is 5.10. The molecule has 0 fully saturated rings. The first-order valence-electron chi connectivity index (χ1n) is 7.30. The molecule has 1 aromatic rings. The van der Waals surface area contributed by atoms with Gasteiger partial charge in [-0.05, 0) is 30.9 Å². The first kappa shape index (κ1) is 19.9. The van der Waals surface area contributed by atoms with Crippen molar-refractivity contribution in [3.05, 3.63) is 35.9 Å². The average Bonchev–Trinajstić information content (AvgIpc) is 2.49. The van der Waals surface area contributed by atoms with Crippen molar-refractivity contribution >= 4 is 18.3 Å². The molecule has 4 nitrogen and oxygen atoms in total. The third kappa shape index (κ3) is 10.3. The van der Waals surface area contributed by atoms with Gasteiger partial charge in [0, 0.05) is 19.6 Å². The molecule has 0 radical (unpaired) electrons. The zero-order valence-electron chi connectivity index (χ0n) is 12.7. The fourth-order valence-corrected chi connectivity index (χ4v) is 1.73. The molecule has 1 atom stereocenters. The summed E-state index contributed by atoms with van der Waals surface area (Å²) in [6.07, 6.45) is 2.20. The van der Waals surface area contributed by atoms with E-state index in [1.165, 1.54) is 5.56 Å². The number of carbonyl (C=O) groups is 1. The van der Waals surface area contributed by atoms with Crippen LogP contribution in [0.15, 0.2) is 30.3 Å². The van der Waals surface area contributed by atoms with Gasteiger partial charge >= 0.3 is 0 Å². The number of nitrogens with one attached hydrogen (secondary N) is 1. The third-order valence-electron chi connectivity index (χ3n) is 3.12. The maximum Gasteiger partial charge on any atom is 0.220 e. The summed E-state index contributed by atoms with van der Waals surface area (Å²) in [6, 6.07) is 10.3. The van der Waals surface area contributed by atoms with Gasteiger partial charge in [0.25, 0.3) is 0 Å².